The first-order valence-corrected chi connectivity index (χ1v) is 10.5. The van der Waals surface area contributed by atoms with Gasteiger partial charge >= 0.3 is 0 Å². The lowest BCUT2D eigenvalue weighted by atomic mass is 10.0. The third kappa shape index (κ3) is 5.83. The molecule has 31 heavy (non-hydrogen) atoms. The Hall–Kier alpha value is -3.38. The summed E-state index contributed by atoms with van der Waals surface area (Å²) in [5, 5.41) is 7.63. The van der Waals surface area contributed by atoms with Gasteiger partial charge in [-0.25, -0.2) is 0 Å². The van der Waals surface area contributed by atoms with Crippen LogP contribution in [0.4, 0.5) is 0 Å². The zero-order valence-electron chi connectivity index (χ0n) is 17.6. The second-order valence-corrected chi connectivity index (χ2v) is 7.80. The fraction of sp³-hybridized carbons (Fsp3) is 0.280. The Morgan fingerprint density at radius 1 is 1.00 bits per heavy atom. The maximum Gasteiger partial charge on any atom is 0.133 e. The Morgan fingerprint density at radius 2 is 1.71 bits per heavy atom. The van der Waals surface area contributed by atoms with Crippen molar-refractivity contribution >= 4 is 11.5 Å². The summed E-state index contributed by atoms with van der Waals surface area (Å²) in [5.41, 5.74) is 6.30. The number of ketones is 1. The average Bonchev–Trinajstić information content (AvgIpc) is 3.28. The second-order valence-electron chi connectivity index (χ2n) is 7.80. The highest BCUT2D eigenvalue weighted by Crippen LogP contribution is 2.22. The van der Waals surface area contributed by atoms with Gasteiger partial charge in [0.15, 0.2) is 0 Å². The van der Waals surface area contributed by atoms with Crippen LogP contribution in [0, 0.1) is 0 Å². The summed E-state index contributed by atoms with van der Waals surface area (Å²) in [6, 6.07) is 16.5. The van der Waals surface area contributed by atoms with Gasteiger partial charge in [0.05, 0.1) is 11.4 Å². The number of rotatable bonds is 9. The summed E-state index contributed by atoms with van der Waals surface area (Å²) in [4.78, 5) is 25.3. The molecule has 0 spiro atoms. The van der Waals surface area contributed by atoms with E-state index in [0.29, 0.717) is 12.8 Å². The predicted octanol–water partition coefficient (Wildman–Crippen LogP) is 4.30. The Kier molecular flexibility index (Phi) is 6.79. The number of aromatic nitrogens is 2. The molecular weight excluding hydrogens is 388 g/mol. The lowest BCUT2D eigenvalue weighted by Gasteiger charge is -2.07. The lowest BCUT2D eigenvalue weighted by molar-refractivity contribution is -0.117. The van der Waals surface area contributed by atoms with E-state index in [2.05, 4.69) is 44.7 Å². The molecule has 6 heteroatoms. The number of carbonyl (C=O) groups excluding carboxylic acids is 1. The van der Waals surface area contributed by atoms with Gasteiger partial charge in [-0.2, -0.15) is 0 Å². The van der Waals surface area contributed by atoms with Gasteiger partial charge in [0.1, 0.15) is 11.9 Å². The van der Waals surface area contributed by atoms with Crippen LogP contribution in [-0.2, 0) is 22.7 Å². The highest BCUT2D eigenvalue weighted by Gasteiger charge is 2.22. The third-order valence-corrected chi connectivity index (χ3v) is 5.31. The molecule has 4 rings (SSSR count). The molecule has 0 fully saturated rings. The number of nitrogens with zero attached hydrogens (tertiary/aromatic N) is 3. The molecule has 2 aromatic heterocycles. The van der Waals surface area contributed by atoms with E-state index in [1.165, 1.54) is 11.1 Å². The molecule has 0 unspecified atom stereocenters. The number of Topliss-reactive ketones (excluding diaryl/α,β-unsaturated/α-hetero) is 1. The van der Waals surface area contributed by atoms with Gasteiger partial charge in [-0.05, 0) is 48.7 Å². The standard InChI is InChI=1S/C25H26N4O2/c1-18(30)2-8-23-14-25(29-31-23)22-7-9-24(28-17-22)21-5-3-19(4-6-21)15-27-16-20-10-12-26-13-11-20/h3-7,9-13,17,23,27H,2,8,14-16H2,1H3/t23-/m0/s1. The highest BCUT2D eigenvalue weighted by molar-refractivity contribution is 6.01. The summed E-state index contributed by atoms with van der Waals surface area (Å²) in [6.45, 7) is 3.22. The molecule has 0 radical (unpaired) electrons. The number of hydrogen-bond donors (Lipinski definition) is 1. The van der Waals surface area contributed by atoms with E-state index in [4.69, 9.17) is 4.84 Å². The van der Waals surface area contributed by atoms with Crippen molar-refractivity contribution in [1.82, 2.24) is 15.3 Å². The normalized spacial score (nSPS) is 15.4. The zero-order valence-corrected chi connectivity index (χ0v) is 17.6. The Labute approximate surface area is 182 Å². The van der Waals surface area contributed by atoms with E-state index in [0.717, 1.165) is 42.0 Å². The van der Waals surface area contributed by atoms with Gasteiger partial charge in [-0.3, -0.25) is 9.97 Å². The summed E-state index contributed by atoms with van der Waals surface area (Å²) < 4.78 is 0. The first kappa shape index (κ1) is 20.9. The minimum Gasteiger partial charge on any atom is -0.392 e. The van der Waals surface area contributed by atoms with Gasteiger partial charge in [-0.1, -0.05) is 29.4 Å². The van der Waals surface area contributed by atoms with Crippen LogP contribution in [-0.4, -0.2) is 27.6 Å². The van der Waals surface area contributed by atoms with Gasteiger partial charge in [0.25, 0.3) is 0 Å². The fourth-order valence-electron chi connectivity index (χ4n) is 3.50. The van der Waals surface area contributed by atoms with Crippen LogP contribution in [0.5, 0.6) is 0 Å². The molecule has 0 aliphatic carbocycles. The number of nitrogens with one attached hydrogen (secondary N) is 1. The molecule has 1 aliphatic heterocycles. The number of pyridine rings is 2. The van der Waals surface area contributed by atoms with Crippen molar-refractivity contribution in [1.29, 1.82) is 0 Å². The van der Waals surface area contributed by atoms with Gasteiger partial charge in [0, 0.05) is 55.6 Å². The summed E-state index contributed by atoms with van der Waals surface area (Å²) >= 11 is 0. The minimum atomic E-state index is -0.0155. The van der Waals surface area contributed by atoms with E-state index in [1.807, 2.05) is 42.9 Å². The smallest absolute Gasteiger partial charge is 0.133 e. The number of hydrogen-bond acceptors (Lipinski definition) is 6. The second kappa shape index (κ2) is 10.1. The van der Waals surface area contributed by atoms with Crippen LogP contribution in [0.1, 0.15) is 42.9 Å². The van der Waals surface area contributed by atoms with Crippen molar-refractivity contribution in [3.8, 4) is 11.3 Å². The summed E-state index contributed by atoms with van der Waals surface area (Å²) in [7, 11) is 0. The van der Waals surface area contributed by atoms with Crippen LogP contribution in [0.2, 0.25) is 0 Å². The quantitative estimate of drug-likeness (QED) is 0.565. The number of benzene rings is 1. The molecular formula is C25H26N4O2. The van der Waals surface area contributed by atoms with Crippen molar-refractivity contribution in [2.45, 2.75) is 45.4 Å². The third-order valence-electron chi connectivity index (χ3n) is 5.31. The van der Waals surface area contributed by atoms with E-state index < -0.39 is 0 Å². The monoisotopic (exact) mass is 414 g/mol. The topological polar surface area (TPSA) is 76.5 Å². The Bertz CT molecular complexity index is 1030. The molecule has 3 heterocycles. The van der Waals surface area contributed by atoms with Crippen LogP contribution >= 0.6 is 0 Å². The van der Waals surface area contributed by atoms with E-state index in [-0.39, 0.29) is 11.9 Å². The first-order chi connectivity index (χ1) is 15.2. The van der Waals surface area contributed by atoms with Crippen molar-refractivity contribution < 1.29 is 9.63 Å². The summed E-state index contributed by atoms with van der Waals surface area (Å²) in [6.07, 6.45) is 7.40. The van der Waals surface area contributed by atoms with Gasteiger partial charge in [-0.15, -0.1) is 0 Å². The number of oxime groups is 1. The maximum absolute atomic E-state index is 11.1. The van der Waals surface area contributed by atoms with Crippen LogP contribution in [0.25, 0.3) is 11.3 Å². The van der Waals surface area contributed by atoms with Gasteiger partial charge < -0.3 is 14.9 Å². The van der Waals surface area contributed by atoms with Crippen molar-refractivity contribution in [3.63, 3.8) is 0 Å². The molecule has 3 aromatic rings. The SMILES string of the molecule is CC(=O)CC[C@H]1CC(c2ccc(-c3ccc(CNCc4ccncc4)cc3)nc2)=NO1. The van der Waals surface area contributed by atoms with Crippen molar-refractivity contribution in [2.75, 3.05) is 0 Å². The fourth-order valence-corrected chi connectivity index (χ4v) is 3.50. The number of carbonyl (C=O) groups is 1. The Balaban J connectivity index is 1.30. The molecule has 1 N–H and O–H groups in total. The molecule has 0 saturated carbocycles. The van der Waals surface area contributed by atoms with E-state index >= 15 is 0 Å². The average molecular weight is 415 g/mol. The Morgan fingerprint density at radius 3 is 2.39 bits per heavy atom. The minimum absolute atomic E-state index is 0.0155. The molecule has 158 valence electrons. The van der Waals surface area contributed by atoms with E-state index in [1.54, 1.807) is 6.92 Å². The van der Waals surface area contributed by atoms with Crippen LogP contribution in [0.15, 0.2) is 72.3 Å². The molecule has 1 aliphatic rings. The zero-order chi connectivity index (χ0) is 21.5. The van der Waals surface area contributed by atoms with Crippen molar-refractivity contribution in [2.24, 2.45) is 5.16 Å². The largest absolute Gasteiger partial charge is 0.392 e. The highest BCUT2D eigenvalue weighted by atomic mass is 16.6. The van der Waals surface area contributed by atoms with Crippen LogP contribution in [0.3, 0.4) is 0 Å². The molecule has 0 bridgehead atoms. The van der Waals surface area contributed by atoms with Gasteiger partial charge in [0.2, 0.25) is 0 Å². The molecule has 6 nitrogen and oxygen atoms in total. The predicted molar refractivity (Wildman–Crippen MR) is 120 cm³/mol. The first-order valence-electron chi connectivity index (χ1n) is 10.5. The molecule has 0 saturated heterocycles. The van der Waals surface area contributed by atoms with Crippen LogP contribution < -0.4 is 5.32 Å². The molecule has 1 atom stereocenters. The molecule has 1 aromatic carbocycles. The lowest BCUT2D eigenvalue weighted by Crippen LogP contribution is -2.12. The molecule has 0 amide bonds. The van der Waals surface area contributed by atoms with Crippen molar-refractivity contribution in [3.05, 3.63) is 83.8 Å². The summed E-state index contributed by atoms with van der Waals surface area (Å²) in [5.74, 6) is 0.179. The van der Waals surface area contributed by atoms with E-state index in [9.17, 15) is 4.79 Å². The maximum atomic E-state index is 11.1.